The number of benzene rings is 3. The molecule has 4 heteroatoms. The standard InChI is InChI=1S/C24H22N2O2/c1-17-5-4-6-18(15-17)16-23(27)25-21-11-9-20(10-12-21)24(28)26-14-13-19-7-2-3-8-22(19)26/h2-12,15H,13-14,16H2,1H3,(H,25,27). The molecule has 3 aromatic carbocycles. The van der Waals surface area contributed by atoms with Crippen LogP contribution >= 0.6 is 0 Å². The molecule has 1 N–H and O–H groups in total. The number of para-hydroxylation sites is 1. The number of nitrogens with zero attached hydrogens (tertiary/aromatic N) is 1. The molecule has 0 fully saturated rings. The highest BCUT2D eigenvalue weighted by atomic mass is 16.2. The van der Waals surface area contributed by atoms with E-state index in [0.29, 0.717) is 24.2 Å². The zero-order chi connectivity index (χ0) is 19.5. The van der Waals surface area contributed by atoms with Crippen LogP contribution < -0.4 is 10.2 Å². The molecule has 4 nitrogen and oxygen atoms in total. The van der Waals surface area contributed by atoms with Gasteiger partial charge in [-0.05, 0) is 54.8 Å². The Morgan fingerprint density at radius 1 is 0.964 bits per heavy atom. The first-order valence-corrected chi connectivity index (χ1v) is 9.45. The Labute approximate surface area is 164 Å². The molecule has 0 aliphatic carbocycles. The summed E-state index contributed by atoms with van der Waals surface area (Å²) in [5.41, 5.74) is 5.62. The van der Waals surface area contributed by atoms with Gasteiger partial charge in [0.15, 0.2) is 0 Å². The van der Waals surface area contributed by atoms with Crippen molar-refractivity contribution < 1.29 is 9.59 Å². The Bertz CT molecular complexity index is 1020. The highest BCUT2D eigenvalue weighted by Crippen LogP contribution is 2.29. The van der Waals surface area contributed by atoms with Crippen LogP contribution in [0, 0.1) is 6.92 Å². The number of carbonyl (C=O) groups excluding carboxylic acids is 2. The molecule has 1 aliphatic heterocycles. The monoisotopic (exact) mass is 370 g/mol. The summed E-state index contributed by atoms with van der Waals surface area (Å²) in [6, 6.07) is 23.0. The number of fused-ring (bicyclic) bond motifs is 1. The first-order chi connectivity index (χ1) is 13.6. The lowest BCUT2D eigenvalue weighted by Gasteiger charge is -2.17. The van der Waals surface area contributed by atoms with E-state index >= 15 is 0 Å². The van der Waals surface area contributed by atoms with Crippen molar-refractivity contribution in [3.05, 3.63) is 95.1 Å². The maximum Gasteiger partial charge on any atom is 0.258 e. The first-order valence-electron chi connectivity index (χ1n) is 9.45. The zero-order valence-corrected chi connectivity index (χ0v) is 15.8. The number of hydrogen-bond donors (Lipinski definition) is 1. The van der Waals surface area contributed by atoms with Crippen LogP contribution in [0.15, 0.2) is 72.8 Å². The van der Waals surface area contributed by atoms with Crippen molar-refractivity contribution in [1.82, 2.24) is 0 Å². The van der Waals surface area contributed by atoms with Gasteiger partial charge >= 0.3 is 0 Å². The van der Waals surface area contributed by atoms with E-state index < -0.39 is 0 Å². The summed E-state index contributed by atoms with van der Waals surface area (Å²) in [5.74, 6) is -0.0827. The lowest BCUT2D eigenvalue weighted by molar-refractivity contribution is -0.115. The lowest BCUT2D eigenvalue weighted by Crippen LogP contribution is -2.28. The van der Waals surface area contributed by atoms with Gasteiger partial charge in [-0.1, -0.05) is 48.0 Å². The van der Waals surface area contributed by atoms with E-state index in [9.17, 15) is 9.59 Å². The molecule has 28 heavy (non-hydrogen) atoms. The predicted octanol–water partition coefficient (Wildman–Crippen LogP) is 4.38. The van der Waals surface area contributed by atoms with Crippen molar-refractivity contribution in [3.63, 3.8) is 0 Å². The minimum Gasteiger partial charge on any atom is -0.326 e. The van der Waals surface area contributed by atoms with Gasteiger partial charge in [0.2, 0.25) is 5.91 Å². The zero-order valence-electron chi connectivity index (χ0n) is 15.8. The molecule has 0 saturated carbocycles. The molecule has 3 aromatic rings. The third kappa shape index (κ3) is 3.81. The van der Waals surface area contributed by atoms with Gasteiger partial charge < -0.3 is 10.2 Å². The van der Waals surface area contributed by atoms with Crippen LogP contribution in [0.1, 0.15) is 27.0 Å². The van der Waals surface area contributed by atoms with Crippen LogP contribution in [-0.4, -0.2) is 18.4 Å². The van der Waals surface area contributed by atoms with Gasteiger partial charge in [-0.3, -0.25) is 9.59 Å². The van der Waals surface area contributed by atoms with Crippen molar-refractivity contribution >= 4 is 23.2 Å². The highest BCUT2D eigenvalue weighted by molar-refractivity contribution is 6.07. The minimum absolute atomic E-state index is 0.0115. The van der Waals surface area contributed by atoms with E-state index in [4.69, 9.17) is 0 Å². The predicted molar refractivity (Wildman–Crippen MR) is 112 cm³/mol. The molecule has 0 aromatic heterocycles. The van der Waals surface area contributed by atoms with Crippen LogP contribution in [0.25, 0.3) is 0 Å². The van der Waals surface area contributed by atoms with Crippen LogP contribution in [0.3, 0.4) is 0 Å². The van der Waals surface area contributed by atoms with Crippen LogP contribution in [0.5, 0.6) is 0 Å². The summed E-state index contributed by atoms with van der Waals surface area (Å²) in [6.45, 7) is 2.71. The molecule has 1 aliphatic rings. The van der Waals surface area contributed by atoms with Gasteiger partial charge in [0.05, 0.1) is 6.42 Å². The summed E-state index contributed by atoms with van der Waals surface area (Å²) in [7, 11) is 0. The van der Waals surface area contributed by atoms with Gasteiger partial charge in [-0.25, -0.2) is 0 Å². The molecule has 140 valence electrons. The Morgan fingerprint density at radius 3 is 2.54 bits per heavy atom. The van der Waals surface area contributed by atoms with Crippen molar-refractivity contribution in [2.24, 2.45) is 0 Å². The Hall–Kier alpha value is -3.40. The molecule has 0 atom stereocenters. The van der Waals surface area contributed by atoms with Crippen molar-refractivity contribution in [2.45, 2.75) is 19.8 Å². The second-order valence-corrected chi connectivity index (χ2v) is 7.13. The molecule has 0 saturated heterocycles. The van der Waals surface area contributed by atoms with Crippen molar-refractivity contribution in [2.75, 3.05) is 16.8 Å². The summed E-state index contributed by atoms with van der Waals surface area (Å²) in [5, 5.41) is 2.90. The van der Waals surface area contributed by atoms with Crippen LogP contribution in [0.4, 0.5) is 11.4 Å². The number of amides is 2. The van der Waals surface area contributed by atoms with Gasteiger partial charge in [-0.15, -0.1) is 0 Å². The quantitative estimate of drug-likeness (QED) is 0.741. The van der Waals surface area contributed by atoms with E-state index in [-0.39, 0.29) is 11.8 Å². The molecule has 2 amide bonds. The molecule has 0 radical (unpaired) electrons. The molecule has 0 bridgehead atoms. The van der Waals surface area contributed by atoms with Crippen LogP contribution in [0.2, 0.25) is 0 Å². The van der Waals surface area contributed by atoms with E-state index in [2.05, 4.69) is 11.4 Å². The second kappa shape index (κ2) is 7.69. The van der Waals surface area contributed by atoms with Gasteiger partial charge in [0, 0.05) is 23.5 Å². The highest BCUT2D eigenvalue weighted by Gasteiger charge is 2.24. The maximum atomic E-state index is 12.9. The van der Waals surface area contributed by atoms with E-state index in [0.717, 1.165) is 23.2 Å². The van der Waals surface area contributed by atoms with Crippen LogP contribution in [-0.2, 0) is 17.6 Å². The molecule has 0 spiro atoms. The molecular formula is C24H22N2O2. The molecule has 0 unspecified atom stereocenters. The van der Waals surface area contributed by atoms with E-state index in [1.54, 1.807) is 24.3 Å². The van der Waals surface area contributed by atoms with E-state index in [1.165, 1.54) is 5.56 Å². The van der Waals surface area contributed by atoms with Gasteiger partial charge in [0.1, 0.15) is 0 Å². The second-order valence-electron chi connectivity index (χ2n) is 7.13. The number of rotatable bonds is 4. The third-order valence-electron chi connectivity index (χ3n) is 5.00. The molecule has 4 rings (SSSR count). The number of aryl methyl sites for hydroxylation is 1. The minimum atomic E-state index is -0.0712. The summed E-state index contributed by atoms with van der Waals surface area (Å²) >= 11 is 0. The number of hydrogen-bond acceptors (Lipinski definition) is 2. The molecular weight excluding hydrogens is 348 g/mol. The number of nitrogens with one attached hydrogen (secondary N) is 1. The third-order valence-corrected chi connectivity index (χ3v) is 5.00. The average Bonchev–Trinajstić information content (AvgIpc) is 3.12. The smallest absolute Gasteiger partial charge is 0.258 e. The topological polar surface area (TPSA) is 49.4 Å². The normalized spacial score (nSPS) is 12.5. The first kappa shape index (κ1) is 18.0. The maximum absolute atomic E-state index is 12.9. The van der Waals surface area contributed by atoms with Crippen molar-refractivity contribution in [1.29, 1.82) is 0 Å². The number of anilines is 2. The summed E-state index contributed by atoms with van der Waals surface area (Å²) in [6.07, 6.45) is 1.21. The lowest BCUT2D eigenvalue weighted by atomic mass is 10.1. The Balaban J connectivity index is 1.41. The molecule has 1 heterocycles. The fourth-order valence-electron chi connectivity index (χ4n) is 3.61. The van der Waals surface area contributed by atoms with E-state index in [1.807, 2.05) is 54.3 Å². The average molecular weight is 370 g/mol. The van der Waals surface area contributed by atoms with Gasteiger partial charge in [-0.2, -0.15) is 0 Å². The fraction of sp³-hybridized carbons (Fsp3) is 0.167. The Morgan fingerprint density at radius 2 is 1.75 bits per heavy atom. The largest absolute Gasteiger partial charge is 0.326 e. The number of carbonyl (C=O) groups is 2. The fourth-order valence-corrected chi connectivity index (χ4v) is 3.61. The Kier molecular flexibility index (Phi) is 4.94. The summed E-state index contributed by atoms with van der Waals surface area (Å²) in [4.78, 5) is 26.9. The SMILES string of the molecule is Cc1cccc(CC(=O)Nc2ccc(C(=O)N3CCc4ccccc43)cc2)c1. The van der Waals surface area contributed by atoms with Gasteiger partial charge in [0.25, 0.3) is 5.91 Å². The van der Waals surface area contributed by atoms with Crippen molar-refractivity contribution in [3.8, 4) is 0 Å². The summed E-state index contributed by atoms with van der Waals surface area (Å²) < 4.78 is 0.